The highest BCUT2D eigenvalue weighted by Crippen LogP contribution is 2.34. The van der Waals surface area contributed by atoms with Gasteiger partial charge in [-0.1, -0.05) is 35.7 Å². The van der Waals surface area contributed by atoms with E-state index in [1.807, 2.05) is 6.92 Å². The first-order valence-corrected chi connectivity index (χ1v) is 8.46. The number of aliphatic carboxylic acids is 1. The van der Waals surface area contributed by atoms with Crippen LogP contribution in [0.1, 0.15) is 43.0 Å². The molecule has 1 aliphatic rings. The minimum atomic E-state index is -1.16. The van der Waals surface area contributed by atoms with Crippen molar-refractivity contribution in [1.29, 1.82) is 0 Å². The molecule has 0 saturated heterocycles. The third-order valence-electron chi connectivity index (χ3n) is 4.19. The molecular weight excluding hydrogens is 402 g/mol. The number of hydrogen-bond acceptors (Lipinski definition) is 2. The summed E-state index contributed by atoms with van der Waals surface area (Å²) in [7, 11) is 0. The molecule has 0 bridgehead atoms. The number of rotatable bonds is 3. The number of carboxylic acids is 1. The molecule has 1 aromatic carbocycles. The number of carbonyl (C=O) groups excluding carboxylic acids is 1. The van der Waals surface area contributed by atoms with E-state index in [0.29, 0.717) is 16.5 Å². The van der Waals surface area contributed by atoms with Crippen LogP contribution in [0.3, 0.4) is 0 Å². The average molecular weight is 419 g/mol. The monoisotopic (exact) mass is 417 g/mol. The second kappa shape index (κ2) is 6.48. The first-order valence-electron chi connectivity index (χ1n) is 6.88. The van der Waals surface area contributed by atoms with Gasteiger partial charge in [0.25, 0.3) is 5.91 Å². The molecule has 0 aliphatic heterocycles. The molecule has 1 fully saturated rings. The summed E-state index contributed by atoms with van der Waals surface area (Å²) in [5.41, 5.74) is -0.724. The maximum absolute atomic E-state index is 12.5. The lowest BCUT2D eigenvalue weighted by Crippen LogP contribution is -2.60. The van der Waals surface area contributed by atoms with Crippen molar-refractivity contribution in [2.24, 2.45) is 5.92 Å². The Bertz CT molecular complexity index is 576. The van der Waals surface area contributed by atoms with Crippen molar-refractivity contribution in [3.63, 3.8) is 0 Å². The minimum absolute atomic E-state index is 0.0816. The van der Waals surface area contributed by atoms with Crippen LogP contribution in [0, 0.1) is 5.92 Å². The van der Waals surface area contributed by atoms with Gasteiger partial charge in [0.05, 0.1) is 5.56 Å². The maximum atomic E-state index is 12.5. The summed E-state index contributed by atoms with van der Waals surface area (Å²) >= 11 is 6.68. The molecule has 2 rings (SSSR count). The molecule has 0 aromatic heterocycles. The fourth-order valence-electron chi connectivity index (χ4n) is 2.85. The molecule has 0 radical (unpaired) electrons. The Labute approximate surface area is 140 Å². The van der Waals surface area contributed by atoms with Crippen LogP contribution >= 0.6 is 31.9 Å². The molecule has 6 heteroatoms. The highest BCUT2D eigenvalue weighted by atomic mass is 79.9. The summed E-state index contributed by atoms with van der Waals surface area (Å²) in [5.74, 6) is -1.39. The van der Waals surface area contributed by atoms with Crippen LogP contribution in [0.2, 0.25) is 0 Å². The number of hydrogen-bond donors (Lipinski definition) is 2. The lowest BCUT2D eigenvalue weighted by molar-refractivity contribution is -0.148. The smallest absolute Gasteiger partial charge is 0.329 e. The van der Waals surface area contributed by atoms with Gasteiger partial charge in [-0.3, -0.25) is 4.79 Å². The van der Waals surface area contributed by atoms with Gasteiger partial charge in [-0.25, -0.2) is 4.79 Å². The van der Waals surface area contributed by atoms with Crippen LogP contribution < -0.4 is 5.32 Å². The normalized spacial score (nSPS) is 25.4. The zero-order chi connectivity index (χ0) is 15.6. The fraction of sp³-hybridized carbons (Fsp3) is 0.467. The molecule has 1 saturated carbocycles. The Hall–Kier alpha value is -0.880. The predicted octanol–water partition coefficient (Wildman–Crippen LogP) is 3.97. The lowest BCUT2D eigenvalue weighted by Gasteiger charge is -2.39. The summed E-state index contributed by atoms with van der Waals surface area (Å²) in [6.45, 7) is 1.89. The first-order chi connectivity index (χ1) is 9.86. The number of carbonyl (C=O) groups is 2. The Balaban J connectivity index is 2.28. The minimum Gasteiger partial charge on any atom is -0.479 e. The number of benzene rings is 1. The van der Waals surface area contributed by atoms with E-state index in [-0.39, 0.29) is 11.8 Å². The van der Waals surface area contributed by atoms with Gasteiger partial charge in [0.1, 0.15) is 5.54 Å². The van der Waals surface area contributed by atoms with Crippen molar-refractivity contribution in [3.8, 4) is 0 Å². The molecule has 2 N–H and O–H groups in total. The molecular formula is C15H17Br2NO3. The molecule has 114 valence electrons. The average Bonchev–Trinajstić information content (AvgIpc) is 2.41. The summed E-state index contributed by atoms with van der Waals surface area (Å²) in [6, 6.07) is 5.20. The molecule has 1 amide bonds. The standard InChI is InChI=1S/C15H17Br2NO3/c1-9-4-2-3-7-15(9,14(20)21)18-13(19)11-6-5-10(16)8-12(11)17/h5-6,8-9H,2-4,7H2,1H3,(H,18,19)(H,20,21). The zero-order valence-corrected chi connectivity index (χ0v) is 14.8. The van der Waals surface area contributed by atoms with Crippen molar-refractivity contribution < 1.29 is 14.7 Å². The van der Waals surface area contributed by atoms with Gasteiger partial charge in [0, 0.05) is 8.95 Å². The van der Waals surface area contributed by atoms with Crippen LogP contribution in [-0.2, 0) is 4.79 Å². The van der Waals surface area contributed by atoms with Crippen LogP contribution in [0.4, 0.5) is 0 Å². The number of halogens is 2. The fourth-order valence-corrected chi connectivity index (χ4v) is 4.07. The quantitative estimate of drug-likeness (QED) is 0.780. The van der Waals surface area contributed by atoms with Crippen LogP contribution in [0.5, 0.6) is 0 Å². The molecule has 1 aromatic rings. The maximum Gasteiger partial charge on any atom is 0.329 e. The van der Waals surface area contributed by atoms with Crippen LogP contribution in [0.15, 0.2) is 27.1 Å². The molecule has 4 nitrogen and oxygen atoms in total. The van der Waals surface area contributed by atoms with E-state index in [1.165, 1.54) is 0 Å². The van der Waals surface area contributed by atoms with Gasteiger partial charge >= 0.3 is 5.97 Å². The van der Waals surface area contributed by atoms with E-state index >= 15 is 0 Å². The van der Waals surface area contributed by atoms with E-state index in [9.17, 15) is 14.7 Å². The topological polar surface area (TPSA) is 66.4 Å². The highest BCUT2D eigenvalue weighted by molar-refractivity contribution is 9.11. The Morgan fingerprint density at radius 1 is 1.33 bits per heavy atom. The van der Waals surface area contributed by atoms with Gasteiger partial charge in [0.15, 0.2) is 0 Å². The third kappa shape index (κ3) is 3.31. The van der Waals surface area contributed by atoms with E-state index in [4.69, 9.17) is 0 Å². The van der Waals surface area contributed by atoms with Crippen LogP contribution in [-0.4, -0.2) is 22.5 Å². The SMILES string of the molecule is CC1CCCCC1(NC(=O)c1ccc(Br)cc1Br)C(=O)O. The van der Waals surface area contributed by atoms with E-state index in [0.717, 1.165) is 23.7 Å². The molecule has 21 heavy (non-hydrogen) atoms. The third-order valence-corrected chi connectivity index (χ3v) is 5.34. The van der Waals surface area contributed by atoms with Crippen molar-refractivity contribution in [2.45, 2.75) is 38.1 Å². The lowest BCUT2D eigenvalue weighted by atomic mass is 9.73. The molecule has 0 spiro atoms. The van der Waals surface area contributed by atoms with Gasteiger partial charge in [-0.2, -0.15) is 0 Å². The summed E-state index contributed by atoms with van der Waals surface area (Å²) in [6.07, 6.45) is 3.12. The largest absolute Gasteiger partial charge is 0.479 e. The summed E-state index contributed by atoms with van der Waals surface area (Å²) < 4.78 is 1.49. The number of nitrogens with one attached hydrogen (secondary N) is 1. The van der Waals surface area contributed by atoms with Crippen LogP contribution in [0.25, 0.3) is 0 Å². The van der Waals surface area contributed by atoms with Crippen molar-refractivity contribution in [2.75, 3.05) is 0 Å². The van der Waals surface area contributed by atoms with E-state index < -0.39 is 11.5 Å². The molecule has 2 unspecified atom stereocenters. The van der Waals surface area contributed by atoms with Gasteiger partial charge in [0.2, 0.25) is 0 Å². The van der Waals surface area contributed by atoms with Gasteiger partial charge < -0.3 is 10.4 Å². The van der Waals surface area contributed by atoms with Crippen molar-refractivity contribution in [3.05, 3.63) is 32.7 Å². The molecule has 1 aliphatic carbocycles. The Kier molecular flexibility index (Phi) is 5.09. The Morgan fingerprint density at radius 3 is 2.62 bits per heavy atom. The van der Waals surface area contributed by atoms with E-state index in [1.54, 1.807) is 18.2 Å². The van der Waals surface area contributed by atoms with Gasteiger partial charge in [-0.15, -0.1) is 0 Å². The second-order valence-electron chi connectivity index (χ2n) is 5.50. The Morgan fingerprint density at radius 2 is 2.05 bits per heavy atom. The van der Waals surface area contributed by atoms with Crippen molar-refractivity contribution >= 4 is 43.7 Å². The molecule has 0 heterocycles. The van der Waals surface area contributed by atoms with Gasteiger partial charge in [-0.05, 0) is 52.9 Å². The highest BCUT2D eigenvalue weighted by Gasteiger charge is 2.46. The first kappa shape index (κ1) is 16.5. The van der Waals surface area contributed by atoms with Crippen molar-refractivity contribution in [1.82, 2.24) is 5.32 Å². The number of carboxylic acid groups (broad SMARTS) is 1. The predicted molar refractivity (Wildman–Crippen MR) is 87.3 cm³/mol. The zero-order valence-electron chi connectivity index (χ0n) is 11.7. The summed E-state index contributed by atoms with van der Waals surface area (Å²) in [5, 5.41) is 12.4. The number of amides is 1. The molecule has 2 atom stereocenters. The van der Waals surface area contributed by atoms with E-state index in [2.05, 4.69) is 37.2 Å². The summed E-state index contributed by atoms with van der Waals surface area (Å²) in [4.78, 5) is 24.2. The second-order valence-corrected chi connectivity index (χ2v) is 7.27.